The van der Waals surface area contributed by atoms with Crippen LogP contribution in [0.25, 0.3) is 0 Å². The highest BCUT2D eigenvalue weighted by atomic mass is 16.5. The zero-order valence-corrected chi connectivity index (χ0v) is 6.36. The van der Waals surface area contributed by atoms with Gasteiger partial charge in [0.2, 0.25) is 0 Å². The number of ether oxygens (including phenoxy) is 1. The molecule has 1 heterocycles. The second kappa shape index (κ2) is 3.39. The molecular weight excluding hydrogens is 146 g/mol. The smallest absolute Gasteiger partial charge is 0.413 e. The van der Waals surface area contributed by atoms with Gasteiger partial charge in [-0.3, -0.25) is 4.90 Å². The lowest BCUT2D eigenvalue weighted by Gasteiger charge is -2.19. The van der Waals surface area contributed by atoms with E-state index >= 15 is 0 Å². The molecule has 4 nitrogen and oxygen atoms in total. The van der Waals surface area contributed by atoms with Crippen LogP contribution in [0.2, 0.25) is 0 Å². The van der Waals surface area contributed by atoms with Crippen molar-refractivity contribution in [1.82, 2.24) is 4.90 Å². The van der Waals surface area contributed by atoms with E-state index in [9.17, 15) is 4.79 Å². The van der Waals surface area contributed by atoms with E-state index in [1.54, 1.807) is 6.20 Å². The van der Waals surface area contributed by atoms with E-state index in [0.717, 1.165) is 0 Å². The lowest BCUT2D eigenvalue weighted by Crippen LogP contribution is -2.35. The lowest BCUT2D eigenvalue weighted by molar-refractivity contribution is 0.113. The first-order valence-electron chi connectivity index (χ1n) is 3.43. The van der Waals surface area contributed by atoms with Crippen molar-refractivity contribution < 1.29 is 14.6 Å². The maximum atomic E-state index is 10.9. The molecule has 0 saturated heterocycles. The molecule has 62 valence electrons. The molecule has 4 heteroatoms. The normalized spacial score (nSPS) is 22.4. The molecule has 0 saturated carbocycles. The van der Waals surface area contributed by atoms with E-state index in [0.29, 0.717) is 6.42 Å². The number of rotatable bonds is 1. The van der Waals surface area contributed by atoms with E-state index < -0.39 is 6.09 Å². The Balaban J connectivity index is 2.55. The van der Waals surface area contributed by atoms with Gasteiger partial charge in [-0.05, 0) is 6.42 Å². The molecule has 1 atom stereocenters. The maximum absolute atomic E-state index is 10.9. The molecule has 1 aliphatic rings. The molecule has 0 aromatic carbocycles. The van der Waals surface area contributed by atoms with Crippen molar-refractivity contribution in [3.05, 3.63) is 12.3 Å². The summed E-state index contributed by atoms with van der Waals surface area (Å²) in [5, 5.41) is 8.79. The molecule has 0 aromatic rings. The van der Waals surface area contributed by atoms with Crippen LogP contribution in [-0.4, -0.2) is 35.9 Å². The number of carbonyl (C=O) groups excluding carboxylic acids is 1. The molecule has 1 aliphatic heterocycles. The van der Waals surface area contributed by atoms with Crippen LogP contribution >= 0.6 is 0 Å². The summed E-state index contributed by atoms with van der Waals surface area (Å²) < 4.78 is 4.49. The molecule has 0 aromatic heterocycles. The zero-order chi connectivity index (χ0) is 8.27. The first-order chi connectivity index (χ1) is 5.29. The average molecular weight is 157 g/mol. The quantitative estimate of drug-likeness (QED) is 0.596. The lowest BCUT2D eigenvalue weighted by atomic mass is 10.2. The number of hydrogen-bond acceptors (Lipinski definition) is 3. The van der Waals surface area contributed by atoms with Gasteiger partial charge in [0.05, 0.1) is 19.8 Å². The summed E-state index contributed by atoms with van der Waals surface area (Å²) in [6.45, 7) is -0.0257. The van der Waals surface area contributed by atoms with E-state index in [-0.39, 0.29) is 12.6 Å². The Kier molecular flexibility index (Phi) is 2.48. The number of aliphatic hydroxyl groups excluding tert-OH is 1. The summed E-state index contributed by atoms with van der Waals surface area (Å²) in [5.41, 5.74) is 0. The van der Waals surface area contributed by atoms with Gasteiger partial charge in [0.25, 0.3) is 0 Å². The zero-order valence-electron chi connectivity index (χ0n) is 6.36. The predicted molar refractivity (Wildman–Crippen MR) is 38.9 cm³/mol. The van der Waals surface area contributed by atoms with Crippen LogP contribution in [0.1, 0.15) is 6.42 Å². The summed E-state index contributed by atoms with van der Waals surface area (Å²) >= 11 is 0. The number of amides is 1. The van der Waals surface area contributed by atoms with E-state index in [1.165, 1.54) is 12.0 Å². The van der Waals surface area contributed by atoms with E-state index in [1.807, 2.05) is 6.08 Å². The van der Waals surface area contributed by atoms with Crippen molar-refractivity contribution in [2.75, 3.05) is 13.7 Å². The van der Waals surface area contributed by atoms with Gasteiger partial charge >= 0.3 is 6.09 Å². The minimum atomic E-state index is -0.419. The number of nitrogens with zero attached hydrogens (tertiary/aromatic N) is 1. The van der Waals surface area contributed by atoms with Gasteiger partial charge in [0.1, 0.15) is 0 Å². The predicted octanol–water partition coefficient (Wildman–Crippen LogP) is 0.333. The Morgan fingerprint density at radius 2 is 2.64 bits per heavy atom. The minimum absolute atomic E-state index is 0.0257. The molecule has 1 N–H and O–H groups in total. The molecule has 0 bridgehead atoms. The van der Waals surface area contributed by atoms with Crippen LogP contribution in [0.5, 0.6) is 0 Å². The van der Waals surface area contributed by atoms with Crippen molar-refractivity contribution >= 4 is 6.09 Å². The summed E-state index contributed by atoms with van der Waals surface area (Å²) in [4.78, 5) is 12.3. The Morgan fingerprint density at radius 1 is 1.91 bits per heavy atom. The second-order valence-electron chi connectivity index (χ2n) is 2.33. The van der Waals surface area contributed by atoms with Crippen LogP contribution < -0.4 is 0 Å². The molecular formula is C7H11NO3. The fourth-order valence-corrected chi connectivity index (χ4v) is 1.04. The van der Waals surface area contributed by atoms with Crippen molar-refractivity contribution in [2.45, 2.75) is 12.5 Å². The van der Waals surface area contributed by atoms with Gasteiger partial charge in [-0.15, -0.1) is 0 Å². The van der Waals surface area contributed by atoms with Crippen LogP contribution in [0, 0.1) is 0 Å². The number of aliphatic hydroxyl groups is 1. The highest BCUT2D eigenvalue weighted by Crippen LogP contribution is 2.14. The molecule has 1 rings (SSSR count). The molecule has 0 spiro atoms. The Hall–Kier alpha value is -1.03. The topological polar surface area (TPSA) is 49.8 Å². The first-order valence-corrected chi connectivity index (χ1v) is 3.43. The van der Waals surface area contributed by atoms with Crippen LogP contribution in [0.4, 0.5) is 4.79 Å². The molecule has 0 radical (unpaired) electrons. The number of hydrogen-bond donors (Lipinski definition) is 1. The fraction of sp³-hybridized carbons (Fsp3) is 0.571. The van der Waals surface area contributed by atoms with Gasteiger partial charge in [-0.1, -0.05) is 6.08 Å². The highest BCUT2D eigenvalue weighted by Gasteiger charge is 2.24. The molecule has 0 aliphatic carbocycles. The van der Waals surface area contributed by atoms with Crippen LogP contribution in [0.3, 0.4) is 0 Å². The van der Waals surface area contributed by atoms with Crippen molar-refractivity contribution in [3.8, 4) is 0 Å². The number of methoxy groups -OCH3 is 1. The maximum Gasteiger partial charge on any atom is 0.413 e. The van der Waals surface area contributed by atoms with Crippen LogP contribution in [-0.2, 0) is 4.74 Å². The first kappa shape index (κ1) is 8.07. The fourth-order valence-electron chi connectivity index (χ4n) is 1.04. The van der Waals surface area contributed by atoms with Gasteiger partial charge < -0.3 is 9.84 Å². The Labute approximate surface area is 65.1 Å². The van der Waals surface area contributed by atoms with E-state index in [2.05, 4.69) is 4.74 Å². The van der Waals surface area contributed by atoms with Gasteiger partial charge in [0.15, 0.2) is 0 Å². The molecule has 11 heavy (non-hydrogen) atoms. The third-order valence-corrected chi connectivity index (χ3v) is 1.66. The highest BCUT2D eigenvalue weighted by molar-refractivity contribution is 5.69. The third kappa shape index (κ3) is 1.51. The number of carbonyl (C=O) groups is 1. The molecule has 1 unspecified atom stereocenters. The summed E-state index contributed by atoms with van der Waals surface area (Å²) in [6.07, 6.45) is 3.74. The third-order valence-electron chi connectivity index (χ3n) is 1.66. The van der Waals surface area contributed by atoms with Gasteiger partial charge in [0, 0.05) is 6.20 Å². The summed E-state index contributed by atoms with van der Waals surface area (Å²) in [7, 11) is 1.32. The summed E-state index contributed by atoms with van der Waals surface area (Å²) in [6, 6.07) is -0.137. The molecule has 1 amide bonds. The Morgan fingerprint density at radius 3 is 3.18 bits per heavy atom. The van der Waals surface area contributed by atoms with Crippen molar-refractivity contribution in [3.63, 3.8) is 0 Å². The second-order valence-corrected chi connectivity index (χ2v) is 2.33. The van der Waals surface area contributed by atoms with Gasteiger partial charge in [-0.2, -0.15) is 0 Å². The Bertz CT molecular complexity index is 179. The van der Waals surface area contributed by atoms with E-state index in [4.69, 9.17) is 5.11 Å². The minimum Gasteiger partial charge on any atom is -0.452 e. The van der Waals surface area contributed by atoms with Gasteiger partial charge in [-0.25, -0.2) is 4.79 Å². The molecule has 0 fully saturated rings. The van der Waals surface area contributed by atoms with Crippen LogP contribution in [0.15, 0.2) is 12.3 Å². The summed E-state index contributed by atoms with van der Waals surface area (Å²) in [5.74, 6) is 0. The largest absolute Gasteiger partial charge is 0.452 e. The monoisotopic (exact) mass is 157 g/mol. The SMILES string of the molecule is COC(=O)N1C=CCC1CO. The standard InChI is InChI=1S/C7H11NO3/c1-11-7(10)8-4-2-3-6(8)5-9/h2,4,6,9H,3,5H2,1H3. The van der Waals surface area contributed by atoms with Crippen molar-refractivity contribution in [2.24, 2.45) is 0 Å². The average Bonchev–Trinajstić information content (AvgIpc) is 2.50. The van der Waals surface area contributed by atoms with Crippen molar-refractivity contribution in [1.29, 1.82) is 0 Å².